The Balaban J connectivity index is 1.75. The molecule has 0 aromatic heterocycles. The van der Waals surface area contributed by atoms with Gasteiger partial charge in [0.2, 0.25) is 10.0 Å². The van der Waals surface area contributed by atoms with Gasteiger partial charge >= 0.3 is 5.97 Å². The van der Waals surface area contributed by atoms with Crippen molar-refractivity contribution in [1.29, 1.82) is 0 Å². The molecular formula is C29H36N4O4S. The Morgan fingerprint density at radius 2 is 1.76 bits per heavy atom. The van der Waals surface area contributed by atoms with E-state index in [-0.39, 0.29) is 4.90 Å². The summed E-state index contributed by atoms with van der Waals surface area (Å²) in [6.07, 6.45) is 2.99. The summed E-state index contributed by atoms with van der Waals surface area (Å²) in [6, 6.07) is 21.5. The van der Waals surface area contributed by atoms with Crippen LogP contribution in [0.15, 0.2) is 82.8 Å². The number of nitrogens with two attached hydrogens (primary N) is 1. The fourth-order valence-electron chi connectivity index (χ4n) is 4.25. The van der Waals surface area contributed by atoms with Crippen molar-refractivity contribution in [2.75, 3.05) is 11.4 Å². The molecule has 0 bridgehead atoms. The molecule has 0 aliphatic carbocycles. The van der Waals surface area contributed by atoms with Crippen LogP contribution in [-0.2, 0) is 21.2 Å². The summed E-state index contributed by atoms with van der Waals surface area (Å²) < 4.78 is 28.8. The van der Waals surface area contributed by atoms with E-state index in [9.17, 15) is 18.3 Å². The predicted molar refractivity (Wildman–Crippen MR) is 153 cm³/mol. The van der Waals surface area contributed by atoms with Crippen molar-refractivity contribution >= 4 is 27.9 Å². The number of hydrogen-bond acceptors (Lipinski definition) is 6. The molecule has 8 nitrogen and oxygen atoms in total. The van der Waals surface area contributed by atoms with E-state index in [4.69, 9.17) is 5.84 Å². The molecule has 38 heavy (non-hydrogen) atoms. The number of aryl methyl sites for hydroxylation is 1. The van der Waals surface area contributed by atoms with E-state index < -0.39 is 27.6 Å². The van der Waals surface area contributed by atoms with Gasteiger partial charge < -0.3 is 15.8 Å². The molecule has 0 aliphatic rings. The zero-order valence-electron chi connectivity index (χ0n) is 22.3. The van der Waals surface area contributed by atoms with Gasteiger partial charge in [0.25, 0.3) is 0 Å². The SMILES string of the molecule is CC(C(=O)O)N(CCCc1ccc(-c2ccccc2S(=O)(=O)NC(C)(C)C)cc1)c1cccc(C=NN)c1. The second-order valence-corrected chi connectivity index (χ2v) is 11.9. The van der Waals surface area contributed by atoms with Crippen LogP contribution >= 0.6 is 0 Å². The number of aliphatic carboxylic acids is 1. The monoisotopic (exact) mass is 536 g/mol. The van der Waals surface area contributed by atoms with Crippen molar-refractivity contribution in [3.63, 3.8) is 0 Å². The fraction of sp³-hybridized carbons (Fsp3) is 0.310. The molecular weight excluding hydrogens is 500 g/mol. The van der Waals surface area contributed by atoms with Gasteiger partial charge in [0.05, 0.1) is 11.1 Å². The van der Waals surface area contributed by atoms with E-state index in [1.165, 1.54) is 6.21 Å². The van der Waals surface area contributed by atoms with Gasteiger partial charge in [-0.3, -0.25) is 0 Å². The number of hydrogen-bond donors (Lipinski definition) is 3. The third kappa shape index (κ3) is 7.66. The van der Waals surface area contributed by atoms with E-state index in [0.29, 0.717) is 12.1 Å². The van der Waals surface area contributed by atoms with Gasteiger partial charge in [0.1, 0.15) is 6.04 Å². The maximum atomic E-state index is 13.0. The minimum atomic E-state index is -3.70. The third-order valence-corrected chi connectivity index (χ3v) is 7.81. The van der Waals surface area contributed by atoms with Crippen LogP contribution in [0, 0.1) is 0 Å². The van der Waals surface area contributed by atoms with E-state index in [0.717, 1.165) is 35.2 Å². The molecule has 0 aliphatic heterocycles. The lowest BCUT2D eigenvalue weighted by Crippen LogP contribution is -2.40. The second kappa shape index (κ2) is 12.2. The molecule has 3 aromatic rings. The van der Waals surface area contributed by atoms with Crippen molar-refractivity contribution < 1.29 is 18.3 Å². The molecule has 9 heteroatoms. The van der Waals surface area contributed by atoms with Crippen LogP contribution in [-0.4, -0.2) is 43.8 Å². The van der Waals surface area contributed by atoms with Crippen molar-refractivity contribution in [2.45, 2.75) is 57.0 Å². The molecule has 0 amide bonds. The number of nitrogens with zero attached hydrogens (tertiary/aromatic N) is 2. The first-order valence-electron chi connectivity index (χ1n) is 12.5. The summed E-state index contributed by atoms with van der Waals surface area (Å²) in [4.78, 5) is 13.9. The van der Waals surface area contributed by atoms with E-state index in [1.807, 2.05) is 80.3 Å². The first-order chi connectivity index (χ1) is 17.9. The van der Waals surface area contributed by atoms with E-state index >= 15 is 0 Å². The fourth-order valence-corrected chi connectivity index (χ4v) is 5.90. The lowest BCUT2D eigenvalue weighted by molar-refractivity contribution is -0.138. The Morgan fingerprint density at radius 3 is 2.39 bits per heavy atom. The number of nitrogens with one attached hydrogen (secondary N) is 1. The van der Waals surface area contributed by atoms with Crippen LogP contribution in [0.1, 0.15) is 45.2 Å². The van der Waals surface area contributed by atoms with E-state index in [2.05, 4.69) is 9.82 Å². The highest BCUT2D eigenvalue weighted by molar-refractivity contribution is 7.89. The van der Waals surface area contributed by atoms with Crippen molar-refractivity contribution in [1.82, 2.24) is 4.72 Å². The van der Waals surface area contributed by atoms with E-state index in [1.54, 1.807) is 25.1 Å². The molecule has 4 N–H and O–H groups in total. The van der Waals surface area contributed by atoms with Crippen LogP contribution in [0.4, 0.5) is 5.69 Å². The second-order valence-electron chi connectivity index (χ2n) is 10.2. The van der Waals surface area contributed by atoms with Gasteiger partial charge in [0.15, 0.2) is 0 Å². The Morgan fingerprint density at radius 1 is 1.08 bits per heavy atom. The van der Waals surface area contributed by atoms with Gasteiger partial charge in [0, 0.05) is 23.3 Å². The number of carbonyl (C=O) groups is 1. The minimum Gasteiger partial charge on any atom is -0.480 e. The van der Waals surface area contributed by atoms with Crippen LogP contribution in [0.3, 0.4) is 0 Å². The summed E-state index contributed by atoms with van der Waals surface area (Å²) in [5, 5.41) is 13.2. The lowest BCUT2D eigenvalue weighted by atomic mass is 10.0. The zero-order valence-corrected chi connectivity index (χ0v) is 23.1. The number of rotatable bonds is 11. The molecule has 1 atom stereocenters. The van der Waals surface area contributed by atoms with Crippen molar-refractivity contribution in [3.8, 4) is 11.1 Å². The maximum Gasteiger partial charge on any atom is 0.326 e. The third-order valence-electron chi connectivity index (χ3n) is 6.00. The summed E-state index contributed by atoms with van der Waals surface area (Å²) in [5.74, 6) is 4.37. The first kappa shape index (κ1) is 28.9. The van der Waals surface area contributed by atoms with Crippen molar-refractivity contribution in [2.24, 2.45) is 10.9 Å². The molecule has 0 fully saturated rings. The number of carboxylic acid groups (broad SMARTS) is 1. The average molecular weight is 537 g/mol. The van der Waals surface area contributed by atoms with Gasteiger partial charge in [-0.1, -0.05) is 54.6 Å². The highest BCUT2D eigenvalue weighted by Gasteiger charge is 2.25. The Bertz CT molecular complexity index is 1380. The molecule has 1 unspecified atom stereocenters. The molecule has 202 valence electrons. The molecule has 0 radical (unpaired) electrons. The Hall–Kier alpha value is -3.69. The quantitative estimate of drug-likeness (QED) is 0.186. The molecule has 3 aromatic carbocycles. The maximum absolute atomic E-state index is 13.0. The van der Waals surface area contributed by atoms with Gasteiger partial charge in [-0.25, -0.2) is 17.9 Å². The summed E-state index contributed by atoms with van der Waals surface area (Å²) in [5.41, 5.74) is 3.51. The molecule has 0 saturated heterocycles. The Labute approximate surface area is 225 Å². The molecule has 0 spiro atoms. The first-order valence-corrected chi connectivity index (χ1v) is 13.9. The molecule has 3 rings (SSSR count). The summed E-state index contributed by atoms with van der Waals surface area (Å²) in [7, 11) is -3.70. The number of sulfonamides is 1. The van der Waals surface area contributed by atoms with Crippen LogP contribution < -0.4 is 15.5 Å². The minimum absolute atomic E-state index is 0.239. The summed E-state index contributed by atoms with van der Waals surface area (Å²) in [6.45, 7) is 7.64. The smallest absolute Gasteiger partial charge is 0.326 e. The summed E-state index contributed by atoms with van der Waals surface area (Å²) >= 11 is 0. The number of anilines is 1. The topological polar surface area (TPSA) is 125 Å². The highest BCUT2D eigenvalue weighted by atomic mass is 32.2. The van der Waals surface area contributed by atoms with Crippen LogP contribution in [0.25, 0.3) is 11.1 Å². The normalized spacial score (nSPS) is 12.9. The van der Waals surface area contributed by atoms with Crippen LogP contribution in [0.2, 0.25) is 0 Å². The predicted octanol–water partition coefficient (Wildman–Crippen LogP) is 4.64. The highest BCUT2D eigenvalue weighted by Crippen LogP contribution is 2.28. The van der Waals surface area contributed by atoms with Crippen LogP contribution in [0.5, 0.6) is 0 Å². The average Bonchev–Trinajstić information content (AvgIpc) is 2.85. The van der Waals surface area contributed by atoms with Gasteiger partial charge in [-0.2, -0.15) is 5.10 Å². The number of hydrazone groups is 1. The van der Waals surface area contributed by atoms with Crippen molar-refractivity contribution in [3.05, 3.63) is 83.9 Å². The standard InChI is InChI=1S/C29H36N4O4S/c1-21(28(34)35)33(25-11-7-9-23(19-25)20-31-30)18-8-10-22-14-16-24(17-15-22)26-12-5-6-13-27(26)38(36,37)32-29(2,3)4/h5-7,9,11-17,19-21,32H,8,10,18,30H2,1-4H3,(H,34,35). The molecule has 0 saturated carbocycles. The lowest BCUT2D eigenvalue weighted by Gasteiger charge is -2.29. The Kier molecular flexibility index (Phi) is 9.30. The number of carboxylic acids is 1. The largest absolute Gasteiger partial charge is 0.480 e. The van der Waals surface area contributed by atoms with Gasteiger partial charge in [-0.05, 0) is 75.4 Å². The van der Waals surface area contributed by atoms with Gasteiger partial charge in [-0.15, -0.1) is 0 Å². The number of benzene rings is 3. The zero-order chi connectivity index (χ0) is 27.9. The molecule has 0 heterocycles.